The van der Waals surface area contributed by atoms with Crippen LogP contribution in [0.25, 0.3) is 39.3 Å². The Hall–Kier alpha value is -3.83. The summed E-state index contributed by atoms with van der Waals surface area (Å²) in [4.78, 5) is 9.12. The Labute approximate surface area is 180 Å². The number of halogens is 1. The highest BCUT2D eigenvalue weighted by atomic mass is 19.1. The average molecular weight is 408 g/mol. The first kappa shape index (κ1) is 19.2. The van der Waals surface area contributed by atoms with Crippen LogP contribution in [0.2, 0.25) is 0 Å². The van der Waals surface area contributed by atoms with Gasteiger partial charge in [0.05, 0.1) is 17.6 Å². The molecule has 0 radical (unpaired) electrons. The number of imidazole rings is 1. The number of fused-ring (bicyclic) bond motifs is 1. The molecule has 0 amide bonds. The van der Waals surface area contributed by atoms with Crippen LogP contribution in [0.4, 0.5) is 4.39 Å². The van der Waals surface area contributed by atoms with Crippen molar-refractivity contribution in [3.63, 3.8) is 0 Å². The van der Waals surface area contributed by atoms with E-state index in [1.807, 2.05) is 84.6 Å². The maximum absolute atomic E-state index is 14.1. The molecule has 0 aliphatic heterocycles. The van der Waals surface area contributed by atoms with Gasteiger partial charge in [0.2, 0.25) is 0 Å². The van der Waals surface area contributed by atoms with E-state index >= 15 is 0 Å². The zero-order chi connectivity index (χ0) is 21.2. The van der Waals surface area contributed by atoms with Gasteiger partial charge in [0, 0.05) is 30.1 Å². The molecule has 0 saturated carbocycles. The van der Waals surface area contributed by atoms with E-state index in [0.717, 1.165) is 44.9 Å². The number of rotatable bonds is 5. The number of pyridine rings is 2. The van der Waals surface area contributed by atoms with E-state index in [4.69, 9.17) is 0 Å². The molecule has 0 unspecified atom stereocenters. The largest absolute Gasteiger partial charge is 0.316 e. The number of hydrogen-bond donors (Lipinski definition) is 1. The van der Waals surface area contributed by atoms with E-state index in [2.05, 4.69) is 21.4 Å². The molecule has 31 heavy (non-hydrogen) atoms. The van der Waals surface area contributed by atoms with E-state index in [1.54, 1.807) is 12.1 Å². The van der Waals surface area contributed by atoms with E-state index in [-0.39, 0.29) is 5.82 Å². The minimum atomic E-state index is -0.239. The second-order valence-corrected chi connectivity index (χ2v) is 7.46. The molecular formula is C26H21FN4. The second kappa shape index (κ2) is 8.13. The van der Waals surface area contributed by atoms with Crippen molar-refractivity contribution in [3.8, 4) is 33.6 Å². The fourth-order valence-electron chi connectivity index (χ4n) is 3.85. The van der Waals surface area contributed by atoms with Crippen molar-refractivity contribution in [3.05, 3.63) is 103 Å². The molecule has 0 fully saturated rings. The zero-order valence-electron chi connectivity index (χ0n) is 17.1. The SMILES string of the molecule is CNCc1cc(F)cc(-c2ccn3c(-c4ccnc(-c5ccccc5)c4)cnc3c2)c1. The van der Waals surface area contributed by atoms with Gasteiger partial charge in [0.1, 0.15) is 11.5 Å². The molecule has 0 atom stereocenters. The fourth-order valence-corrected chi connectivity index (χ4v) is 3.85. The predicted molar refractivity (Wildman–Crippen MR) is 122 cm³/mol. The molecule has 3 heterocycles. The predicted octanol–water partition coefficient (Wildman–Crippen LogP) is 5.59. The minimum Gasteiger partial charge on any atom is -0.316 e. The van der Waals surface area contributed by atoms with E-state index in [9.17, 15) is 4.39 Å². The highest BCUT2D eigenvalue weighted by Gasteiger charge is 2.10. The van der Waals surface area contributed by atoms with Gasteiger partial charge in [-0.05, 0) is 66.2 Å². The van der Waals surface area contributed by atoms with E-state index in [0.29, 0.717) is 6.54 Å². The van der Waals surface area contributed by atoms with Crippen molar-refractivity contribution in [2.24, 2.45) is 0 Å². The third kappa shape index (κ3) is 3.83. The van der Waals surface area contributed by atoms with Gasteiger partial charge in [0.15, 0.2) is 0 Å². The lowest BCUT2D eigenvalue weighted by Crippen LogP contribution is -2.05. The van der Waals surface area contributed by atoms with Gasteiger partial charge in [-0.25, -0.2) is 9.37 Å². The molecular weight excluding hydrogens is 387 g/mol. The summed E-state index contributed by atoms with van der Waals surface area (Å²) in [5.41, 5.74) is 7.50. The van der Waals surface area contributed by atoms with Crippen LogP contribution >= 0.6 is 0 Å². The van der Waals surface area contributed by atoms with Gasteiger partial charge in [-0.15, -0.1) is 0 Å². The molecule has 0 bridgehead atoms. The molecule has 5 aromatic rings. The Morgan fingerprint density at radius 1 is 0.839 bits per heavy atom. The third-order valence-corrected chi connectivity index (χ3v) is 5.31. The fraction of sp³-hybridized carbons (Fsp3) is 0.0769. The van der Waals surface area contributed by atoms with E-state index < -0.39 is 0 Å². The maximum atomic E-state index is 14.1. The van der Waals surface area contributed by atoms with Crippen molar-refractivity contribution in [1.82, 2.24) is 19.7 Å². The normalized spacial score (nSPS) is 11.2. The van der Waals surface area contributed by atoms with Crippen LogP contribution in [0.1, 0.15) is 5.56 Å². The Morgan fingerprint density at radius 2 is 1.71 bits per heavy atom. The summed E-state index contributed by atoms with van der Waals surface area (Å²) in [6.45, 7) is 0.617. The summed E-state index contributed by atoms with van der Waals surface area (Å²) in [6.07, 6.45) is 5.67. The molecule has 0 spiro atoms. The molecule has 4 nitrogen and oxygen atoms in total. The van der Waals surface area contributed by atoms with Crippen molar-refractivity contribution < 1.29 is 4.39 Å². The number of aromatic nitrogens is 3. The van der Waals surface area contributed by atoms with Gasteiger partial charge in [0.25, 0.3) is 0 Å². The summed E-state index contributed by atoms with van der Waals surface area (Å²) in [5, 5.41) is 3.07. The summed E-state index contributed by atoms with van der Waals surface area (Å²) < 4.78 is 16.1. The second-order valence-electron chi connectivity index (χ2n) is 7.46. The highest BCUT2D eigenvalue weighted by molar-refractivity contribution is 5.73. The van der Waals surface area contributed by atoms with Gasteiger partial charge in [-0.2, -0.15) is 0 Å². The number of hydrogen-bond acceptors (Lipinski definition) is 3. The lowest BCUT2D eigenvalue weighted by Gasteiger charge is -2.08. The molecule has 0 aliphatic rings. The monoisotopic (exact) mass is 408 g/mol. The summed E-state index contributed by atoms with van der Waals surface area (Å²) in [6, 6.07) is 23.3. The Kier molecular flexibility index (Phi) is 5.02. The van der Waals surface area contributed by atoms with Crippen LogP contribution in [-0.2, 0) is 6.54 Å². The quantitative estimate of drug-likeness (QED) is 0.412. The molecule has 152 valence electrons. The van der Waals surface area contributed by atoms with Crippen LogP contribution in [0.15, 0.2) is 91.4 Å². The topological polar surface area (TPSA) is 42.2 Å². The van der Waals surface area contributed by atoms with Crippen LogP contribution in [0.5, 0.6) is 0 Å². The molecule has 3 aromatic heterocycles. The summed E-state index contributed by atoms with van der Waals surface area (Å²) in [7, 11) is 1.85. The van der Waals surface area contributed by atoms with Crippen LogP contribution in [0.3, 0.4) is 0 Å². The first-order valence-corrected chi connectivity index (χ1v) is 10.1. The highest BCUT2D eigenvalue weighted by Crippen LogP contribution is 2.28. The molecule has 5 rings (SSSR count). The van der Waals surface area contributed by atoms with E-state index in [1.165, 1.54) is 0 Å². The van der Waals surface area contributed by atoms with Gasteiger partial charge in [-0.1, -0.05) is 30.3 Å². The van der Waals surface area contributed by atoms with Gasteiger partial charge in [-0.3, -0.25) is 9.38 Å². The van der Waals surface area contributed by atoms with Crippen molar-refractivity contribution in [2.75, 3.05) is 7.05 Å². The van der Waals surface area contributed by atoms with Crippen LogP contribution in [0, 0.1) is 5.82 Å². The Balaban J connectivity index is 1.54. The standard InChI is InChI=1S/C26H21FN4/c1-28-16-18-11-22(13-23(27)12-18)20-8-10-31-25(17-30-26(31)15-20)21-7-9-29-24(14-21)19-5-3-2-4-6-19/h2-15,17,28H,16H2,1H3. The first-order chi connectivity index (χ1) is 15.2. The smallest absolute Gasteiger partial charge is 0.137 e. The minimum absolute atomic E-state index is 0.239. The Morgan fingerprint density at radius 3 is 2.55 bits per heavy atom. The van der Waals surface area contributed by atoms with Crippen LogP contribution in [-0.4, -0.2) is 21.4 Å². The van der Waals surface area contributed by atoms with Gasteiger partial charge < -0.3 is 5.32 Å². The molecule has 1 N–H and O–H groups in total. The van der Waals surface area contributed by atoms with Gasteiger partial charge >= 0.3 is 0 Å². The lowest BCUT2D eigenvalue weighted by molar-refractivity contribution is 0.624. The number of benzene rings is 2. The zero-order valence-corrected chi connectivity index (χ0v) is 17.1. The first-order valence-electron chi connectivity index (χ1n) is 10.1. The number of nitrogens with one attached hydrogen (secondary N) is 1. The van der Waals surface area contributed by atoms with Crippen molar-refractivity contribution >= 4 is 5.65 Å². The maximum Gasteiger partial charge on any atom is 0.137 e. The molecule has 2 aromatic carbocycles. The van der Waals surface area contributed by atoms with Crippen LogP contribution < -0.4 is 5.32 Å². The lowest BCUT2D eigenvalue weighted by atomic mass is 10.0. The Bertz CT molecular complexity index is 1360. The average Bonchev–Trinajstić information content (AvgIpc) is 3.23. The number of nitrogens with zero attached hydrogens (tertiary/aromatic N) is 3. The third-order valence-electron chi connectivity index (χ3n) is 5.31. The summed E-state index contributed by atoms with van der Waals surface area (Å²) in [5.74, 6) is -0.239. The van der Waals surface area contributed by atoms with Crippen molar-refractivity contribution in [2.45, 2.75) is 6.54 Å². The molecule has 0 aliphatic carbocycles. The molecule has 0 saturated heterocycles. The van der Waals surface area contributed by atoms with Crippen molar-refractivity contribution in [1.29, 1.82) is 0 Å². The summed E-state index contributed by atoms with van der Waals surface area (Å²) >= 11 is 0. The molecule has 5 heteroatoms.